The van der Waals surface area contributed by atoms with Gasteiger partial charge in [-0.15, -0.1) is 0 Å². The molecule has 0 saturated carbocycles. The van der Waals surface area contributed by atoms with E-state index in [-0.39, 0.29) is 5.75 Å². The van der Waals surface area contributed by atoms with Crippen molar-refractivity contribution < 1.29 is 17.5 Å². The quantitative estimate of drug-likeness (QED) is 0.366. The molecule has 0 saturated heterocycles. The minimum Gasteiger partial charge on any atom is -0.378 e. The Labute approximate surface area is 162 Å². The van der Waals surface area contributed by atoms with E-state index in [9.17, 15) is 8.42 Å². The maximum absolute atomic E-state index is 11.0. The average Bonchev–Trinajstić information content (AvgIpc) is 2.97. The zero-order chi connectivity index (χ0) is 19.4. The van der Waals surface area contributed by atoms with E-state index < -0.39 is 10.1 Å². The van der Waals surface area contributed by atoms with Crippen molar-refractivity contribution in [1.29, 1.82) is 0 Å². The molecule has 3 rings (SSSR count). The monoisotopic (exact) mass is 405 g/mol. The van der Waals surface area contributed by atoms with Crippen LogP contribution in [0.15, 0.2) is 58.8 Å². The van der Waals surface area contributed by atoms with Gasteiger partial charge in [-0.25, -0.2) is 4.57 Å². The second-order valence-corrected chi connectivity index (χ2v) is 8.84. The van der Waals surface area contributed by atoms with E-state index >= 15 is 0 Å². The first-order valence-corrected chi connectivity index (χ1v) is 10.8. The summed E-state index contributed by atoms with van der Waals surface area (Å²) in [7, 11) is -0.0270. The van der Waals surface area contributed by atoms with Gasteiger partial charge in [-0.3, -0.25) is 4.55 Å². The fraction of sp³-hybridized carbons (Fsp3) is 0.278. The van der Waals surface area contributed by atoms with Crippen LogP contribution in [0.25, 0.3) is 10.2 Å². The van der Waals surface area contributed by atoms with Crippen molar-refractivity contribution in [3.8, 4) is 0 Å². The number of nitrogens with zero attached hydrogens (tertiary/aromatic N) is 4. The third kappa shape index (κ3) is 5.09. The minimum absolute atomic E-state index is 0.285. The van der Waals surface area contributed by atoms with Crippen LogP contribution in [-0.2, 0) is 16.7 Å². The summed E-state index contributed by atoms with van der Waals surface area (Å²) in [5.41, 5.74) is 2.79. The highest BCUT2D eigenvalue weighted by Gasteiger charge is 2.19. The van der Waals surface area contributed by atoms with E-state index in [2.05, 4.69) is 10.2 Å². The molecular formula is C18H21N4O3S2+. The van der Waals surface area contributed by atoms with Crippen LogP contribution in [-0.4, -0.2) is 32.8 Å². The van der Waals surface area contributed by atoms with Crippen molar-refractivity contribution in [1.82, 2.24) is 0 Å². The maximum Gasteiger partial charge on any atom is 0.409 e. The topological polar surface area (TPSA) is 86.2 Å². The van der Waals surface area contributed by atoms with Gasteiger partial charge in [0.05, 0.1) is 22.1 Å². The summed E-state index contributed by atoms with van der Waals surface area (Å²) in [5.74, 6) is -0.285. The summed E-state index contributed by atoms with van der Waals surface area (Å²) in [6.45, 7) is 0.428. The molecule has 0 fully saturated rings. The average molecular weight is 406 g/mol. The number of azo groups is 1. The number of anilines is 1. The molecule has 1 N–H and O–H groups in total. The van der Waals surface area contributed by atoms with Crippen LogP contribution in [0.1, 0.15) is 6.42 Å². The van der Waals surface area contributed by atoms with Gasteiger partial charge in [0.2, 0.25) is 0 Å². The zero-order valence-electron chi connectivity index (χ0n) is 15.1. The molecule has 2 aromatic carbocycles. The van der Waals surface area contributed by atoms with E-state index in [1.807, 2.05) is 72.1 Å². The molecule has 9 heteroatoms. The van der Waals surface area contributed by atoms with Gasteiger partial charge in [0, 0.05) is 26.2 Å². The standard InChI is InChI=1S/C18H20N4O3S2/c1-21(2)15-10-8-14(9-11-15)19-20-18-22(12-5-13-27(23,24)25)16-6-3-4-7-17(16)26-18/h3-4,6-11H,5,12-13H2,1-2H3/p+1. The Morgan fingerprint density at radius 1 is 1.07 bits per heavy atom. The molecule has 27 heavy (non-hydrogen) atoms. The van der Waals surface area contributed by atoms with Gasteiger partial charge in [0.25, 0.3) is 10.1 Å². The first-order chi connectivity index (χ1) is 12.8. The Morgan fingerprint density at radius 2 is 1.78 bits per heavy atom. The second kappa shape index (κ2) is 8.12. The molecule has 7 nitrogen and oxygen atoms in total. The highest BCUT2D eigenvalue weighted by molar-refractivity contribution is 7.85. The molecule has 3 aromatic rings. The summed E-state index contributed by atoms with van der Waals surface area (Å²) in [5, 5.41) is 9.39. The predicted molar refractivity (Wildman–Crippen MR) is 108 cm³/mol. The lowest BCUT2D eigenvalue weighted by Crippen LogP contribution is -2.33. The third-order valence-electron chi connectivity index (χ3n) is 3.99. The molecule has 0 unspecified atom stereocenters. The number of rotatable bonds is 7. The summed E-state index contributed by atoms with van der Waals surface area (Å²) < 4.78 is 33.9. The largest absolute Gasteiger partial charge is 0.409 e. The number of benzene rings is 2. The number of aryl methyl sites for hydroxylation is 1. The molecule has 0 radical (unpaired) electrons. The molecule has 142 valence electrons. The van der Waals surface area contributed by atoms with E-state index in [1.54, 1.807) is 0 Å². The van der Waals surface area contributed by atoms with Crippen LogP contribution in [0.4, 0.5) is 16.5 Å². The van der Waals surface area contributed by atoms with E-state index in [0.717, 1.165) is 21.6 Å². The lowest BCUT2D eigenvalue weighted by Gasteiger charge is -2.11. The lowest BCUT2D eigenvalue weighted by atomic mass is 10.3. The Morgan fingerprint density at radius 3 is 2.44 bits per heavy atom. The van der Waals surface area contributed by atoms with Crippen LogP contribution in [0.3, 0.4) is 0 Å². The first kappa shape index (κ1) is 19.4. The Kier molecular flexibility index (Phi) is 5.83. The number of hydrogen-bond acceptors (Lipinski definition) is 6. The zero-order valence-corrected chi connectivity index (χ0v) is 16.7. The molecule has 1 aromatic heterocycles. The summed E-state index contributed by atoms with van der Waals surface area (Å²) in [4.78, 5) is 2.01. The van der Waals surface area contributed by atoms with Crippen molar-refractivity contribution in [3.63, 3.8) is 0 Å². The molecule has 0 aliphatic heterocycles. The van der Waals surface area contributed by atoms with Crippen molar-refractivity contribution in [3.05, 3.63) is 48.5 Å². The molecule has 0 spiro atoms. The molecular weight excluding hydrogens is 384 g/mol. The van der Waals surface area contributed by atoms with E-state index in [0.29, 0.717) is 18.1 Å². The van der Waals surface area contributed by atoms with E-state index in [4.69, 9.17) is 4.55 Å². The fourth-order valence-electron chi connectivity index (χ4n) is 2.64. The van der Waals surface area contributed by atoms with Gasteiger partial charge in [-0.1, -0.05) is 12.1 Å². The smallest absolute Gasteiger partial charge is 0.378 e. The highest BCUT2D eigenvalue weighted by Crippen LogP contribution is 2.28. The van der Waals surface area contributed by atoms with Gasteiger partial charge in [0.1, 0.15) is 11.2 Å². The summed E-state index contributed by atoms with van der Waals surface area (Å²) in [6, 6.07) is 15.6. The Balaban J connectivity index is 1.87. The lowest BCUT2D eigenvalue weighted by molar-refractivity contribution is -0.654. The summed E-state index contributed by atoms with van der Waals surface area (Å²) >= 11 is 1.49. The van der Waals surface area contributed by atoms with Crippen LogP contribution in [0.5, 0.6) is 0 Å². The highest BCUT2D eigenvalue weighted by atomic mass is 32.2. The van der Waals surface area contributed by atoms with Crippen molar-refractivity contribution in [2.24, 2.45) is 10.2 Å². The fourth-order valence-corrected chi connectivity index (χ4v) is 4.14. The minimum atomic E-state index is -3.98. The number of fused-ring (bicyclic) bond motifs is 1. The number of thiazole rings is 1. The molecule has 1 heterocycles. The predicted octanol–water partition coefficient (Wildman–Crippen LogP) is 3.95. The Bertz CT molecular complexity index is 1060. The van der Waals surface area contributed by atoms with Gasteiger partial charge in [0.15, 0.2) is 0 Å². The SMILES string of the molecule is CN(C)c1ccc(N=Nc2sc3ccccc3[n+]2CCCS(=O)(=O)O)cc1. The first-order valence-electron chi connectivity index (χ1n) is 8.39. The summed E-state index contributed by atoms with van der Waals surface area (Å²) in [6.07, 6.45) is 0.296. The normalized spacial score (nSPS) is 12.1. The van der Waals surface area contributed by atoms with Crippen LogP contribution in [0, 0.1) is 0 Å². The van der Waals surface area contributed by atoms with Crippen LogP contribution >= 0.6 is 11.3 Å². The Hall–Kier alpha value is -2.36. The van der Waals surface area contributed by atoms with Crippen molar-refractivity contribution in [2.75, 3.05) is 24.7 Å². The molecule has 0 aliphatic rings. The van der Waals surface area contributed by atoms with Gasteiger partial charge in [-0.05, 0) is 52.8 Å². The second-order valence-electron chi connectivity index (χ2n) is 6.25. The van der Waals surface area contributed by atoms with Crippen LogP contribution < -0.4 is 9.47 Å². The van der Waals surface area contributed by atoms with Gasteiger partial charge >= 0.3 is 5.13 Å². The molecule has 0 bridgehead atoms. The van der Waals surface area contributed by atoms with Gasteiger partial charge in [-0.2, -0.15) is 8.42 Å². The maximum atomic E-state index is 11.0. The van der Waals surface area contributed by atoms with Crippen molar-refractivity contribution >= 4 is 48.2 Å². The number of hydrogen-bond donors (Lipinski definition) is 1. The third-order valence-corrected chi connectivity index (χ3v) is 5.84. The molecule has 0 amide bonds. The van der Waals surface area contributed by atoms with E-state index in [1.165, 1.54) is 11.3 Å². The molecule has 0 atom stereocenters. The van der Waals surface area contributed by atoms with Gasteiger partial charge < -0.3 is 4.90 Å². The molecule has 0 aliphatic carbocycles. The number of para-hydroxylation sites is 1. The number of aromatic nitrogens is 1. The van der Waals surface area contributed by atoms with Crippen LogP contribution in [0.2, 0.25) is 0 Å². The van der Waals surface area contributed by atoms with Crippen molar-refractivity contribution in [2.45, 2.75) is 13.0 Å².